The van der Waals surface area contributed by atoms with Gasteiger partial charge in [0.05, 0.1) is 0 Å². The molecule has 1 aromatic rings. The van der Waals surface area contributed by atoms with Crippen molar-refractivity contribution in [2.75, 3.05) is 39.5 Å². The van der Waals surface area contributed by atoms with E-state index in [0.29, 0.717) is 49.1 Å². The third-order valence-corrected chi connectivity index (χ3v) is 13.2. The van der Waals surface area contributed by atoms with E-state index in [1.807, 2.05) is 52.4 Å². The molecule has 404 valence electrons. The first-order chi connectivity index (χ1) is 32.9. The number of benzene rings is 1. The van der Waals surface area contributed by atoms with Gasteiger partial charge in [0.25, 0.3) is 6.47 Å². The smallest absolute Gasteiger partial charge is 0.407 e. The second kappa shape index (κ2) is 30.8. The summed E-state index contributed by atoms with van der Waals surface area (Å²) in [4.78, 5) is 69.4. The van der Waals surface area contributed by atoms with Crippen LogP contribution in [0.1, 0.15) is 153 Å². The molecule has 0 saturated heterocycles. The first-order valence-electron chi connectivity index (χ1n) is 24.8. The molecule has 71 heavy (non-hydrogen) atoms. The van der Waals surface area contributed by atoms with Crippen molar-refractivity contribution in [3.8, 4) is 0 Å². The van der Waals surface area contributed by atoms with Crippen LogP contribution in [0.3, 0.4) is 0 Å². The van der Waals surface area contributed by atoms with Gasteiger partial charge in [0.1, 0.15) is 32.0 Å². The summed E-state index contributed by atoms with van der Waals surface area (Å²) >= 11 is 1.98. The van der Waals surface area contributed by atoms with Gasteiger partial charge >= 0.3 is 30.3 Å². The Morgan fingerprint density at radius 2 is 1.24 bits per heavy atom. The lowest BCUT2D eigenvalue weighted by Gasteiger charge is -2.46. The quantitative estimate of drug-likeness (QED) is 0.0172. The minimum Gasteiger partial charge on any atom is -0.465 e. The summed E-state index contributed by atoms with van der Waals surface area (Å²) in [7, 11) is 0. The summed E-state index contributed by atoms with van der Waals surface area (Å²) in [5.74, 6) is 1.07. The van der Waals surface area contributed by atoms with E-state index in [1.165, 1.54) is 11.1 Å². The molecule has 0 aromatic heterocycles. The summed E-state index contributed by atoms with van der Waals surface area (Å²) in [6.07, 6.45) is 5.00. The highest BCUT2D eigenvalue weighted by Gasteiger charge is 2.43. The zero-order valence-corrected chi connectivity index (χ0v) is 46.2. The number of esters is 1. The molecule has 2 aliphatic carbocycles. The molecule has 16 nitrogen and oxygen atoms in total. The number of allylic oxidation sites excluding steroid dienone is 1. The number of hydrogen-bond acceptors (Lipinski definition) is 12. The molecular formula is C54H90N4O12S. The summed E-state index contributed by atoms with van der Waals surface area (Å²) < 4.78 is 25.5. The van der Waals surface area contributed by atoms with E-state index in [4.69, 9.17) is 24.1 Å². The molecule has 0 heterocycles. The number of alkyl carbamates (subject to hydrolysis) is 3. The number of thioether (sulfide) groups is 1. The van der Waals surface area contributed by atoms with Crippen LogP contribution in [-0.2, 0) is 39.0 Å². The Balaban J connectivity index is 0.000000778. The lowest BCUT2D eigenvalue weighted by atomic mass is 9.62. The van der Waals surface area contributed by atoms with E-state index in [0.717, 1.165) is 50.7 Å². The van der Waals surface area contributed by atoms with E-state index in [2.05, 4.69) is 112 Å². The number of nitrogens with one attached hydrogen (secondary N) is 4. The predicted molar refractivity (Wildman–Crippen MR) is 281 cm³/mol. The van der Waals surface area contributed by atoms with Crippen LogP contribution in [0.4, 0.5) is 19.2 Å². The second-order valence-corrected chi connectivity index (χ2v) is 24.2. The van der Waals surface area contributed by atoms with Gasteiger partial charge in [-0.1, -0.05) is 97.9 Å². The summed E-state index contributed by atoms with van der Waals surface area (Å²) in [5, 5.41) is 20.5. The molecule has 0 spiro atoms. The molecule has 5 N–H and O–H groups in total. The fourth-order valence-corrected chi connectivity index (χ4v) is 11.2. The molecule has 17 heteroatoms. The Morgan fingerprint density at radius 3 is 1.70 bits per heavy atom. The number of rotatable bonds is 23. The third-order valence-electron chi connectivity index (χ3n) is 11.8. The number of hydrogen-bond donors (Lipinski definition) is 5. The van der Waals surface area contributed by atoms with Crippen molar-refractivity contribution in [2.24, 2.45) is 27.6 Å². The Bertz CT molecular complexity index is 1850. The number of carboxylic acid groups (broad SMARTS) is 1. The van der Waals surface area contributed by atoms with Crippen LogP contribution in [-0.4, -0.2) is 104 Å². The molecule has 4 amide bonds. The maximum Gasteiger partial charge on any atom is 0.407 e. The number of carbonyl (C=O) groups is 6. The molecule has 5 unspecified atom stereocenters. The summed E-state index contributed by atoms with van der Waals surface area (Å²) in [5.41, 5.74) is 1.65. The van der Waals surface area contributed by atoms with Gasteiger partial charge < -0.3 is 50.1 Å². The monoisotopic (exact) mass is 1020 g/mol. The van der Waals surface area contributed by atoms with Gasteiger partial charge in [-0.15, -0.1) is 6.58 Å². The average Bonchev–Trinajstić information content (AvgIpc) is 3.22. The molecule has 0 bridgehead atoms. The van der Waals surface area contributed by atoms with E-state index in [-0.39, 0.29) is 60.2 Å². The largest absolute Gasteiger partial charge is 0.465 e. The summed E-state index contributed by atoms with van der Waals surface area (Å²) in [6, 6.07) is 10.3. The van der Waals surface area contributed by atoms with Gasteiger partial charge in [-0.3, -0.25) is 4.79 Å². The van der Waals surface area contributed by atoms with Gasteiger partial charge in [0, 0.05) is 41.7 Å². The van der Waals surface area contributed by atoms with Crippen LogP contribution in [0.2, 0.25) is 0 Å². The highest BCUT2D eigenvalue weighted by Crippen LogP contribution is 2.47. The highest BCUT2D eigenvalue weighted by molar-refractivity contribution is 7.99. The van der Waals surface area contributed by atoms with Crippen LogP contribution in [0, 0.1) is 27.6 Å². The summed E-state index contributed by atoms with van der Waals surface area (Å²) in [6.45, 7) is 34.8. The molecule has 2 fully saturated rings. The van der Waals surface area contributed by atoms with Gasteiger partial charge in [0.2, 0.25) is 0 Å². The lowest BCUT2D eigenvalue weighted by Crippen LogP contribution is -2.51. The molecule has 0 radical (unpaired) electrons. The average molecular weight is 1020 g/mol. The lowest BCUT2D eigenvalue weighted by molar-refractivity contribution is -0.140. The maximum absolute atomic E-state index is 13.0. The van der Waals surface area contributed by atoms with Crippen molar-refractivity contribution in [1.82, 2.24) is 21.3 Å². The number of ether oxygens (including phenoxy) is 5. The number of carbonyl (C=O) groups excluding carboxylic acids is 5. The van der Waals surface area contributed by atoms with Crippen molar-refractivity contribution in [3.63, 3.8) is 0 Å². The van der Waals surface area contributed by atoms with Crippen LogP contribution in [0.15, 0.2) is 54.6 Å². The molecular weight excluding hydrogens is 929 g/mol. The Kier molecular flexibility index (Phi) is 27.8. The van der Waals surface area contributed by atoms with Gasteiger partial charge in [-0.2, -0.15) is 11.8 Å². The van der Waals surface area contributed by atoms with Gasteiger partial charge in [-0.05, 0) is 126 Å². The predicted octanol–water partition coefficient (Wildman–Crippen LogP) is 11.4. The minimum atomic E-state index is -1.05. The van der Waals surface area contributed by atoms with Crippen molar-refractivity contribution in [2.45, 2.75) is 176 Å². The third kappa shape index (κ3) is 30.5. The van der Waals surface area contributed by atoms with E-state index in [1.54, 1.807) is 6.92 Å². The number of amides is 4. The Hall–Kier alpha value is -4.93. The fourth-order valence-electron chi connectivity index (χ4n) is 9.78. The second-order valence-electron chi connectivity index (χ2n) is 22.9. The molecule has 2 saturated carbocycles. The van der Waals surface area contributed by atoms with E-state index in [9.17, 15) is 28.8 Å². The van der Waals surface area contributed by atoms with Crippen molar-refractivity contribution >= 4 is 48.6 Å². The van der Waals surface area contributed by atoms with Crippen molar-refractivity contribution in [1.29, 1.82) is 0 Å². The highest BCUT2D eigenvalue weighted by atomic mass is 32.2. The van der Waals surface area contributed by atoms with Crippen LogP contribution < -0.4 is 21.3 Å². The SMILES string of the molecule is C=C(C)C.C=C(C)C(=O)OCCOC(=O)NC1CC(C)(C)CC(C)(CNC(=O)OC(C)(C)CCC(CC(C)C)SCc2ccccc2)C1.CC1(C)CC(NC(=O)OCCOC=O)CC(C)(CNC(=O)O)C1. The Labute approximate surface area is 429 Å². The van der Waals surface area contributed by atoms with Crippen molar-refractivity contribution in [3.05, 3.63) is 60.2 Å². The first-order valence-corrected chi connectivity index (χ1v) is 25.9. The van der Waals surface area contributed by atoms with Crippen LogP contribution >= 0.6 is 11.8 Å². The minimum absolute atomic E-state index is 0.00146. The molecule has 1 aromatic carbocycles. The maximum atomic E-state index is 13.0. The molecule has 0 aliphatic heterocycles. The van der Waals surface area contributed by atoms with Crippen molar-refractivity contribution < 1.29 is 57.6 Å². The van der Waals surface area contributed by atoms with Gasteiger partial charge in [0.15, 0.2) is 0 Å². The zero-order chi connectivity index (χ0) is 54.1. The fraction of sp³-hybridized carbons (Fsp3) is 0.704. The molecule has 2 aliphatic rings. The molecule has 3 rings (SSSR count). The Morgan fingerprint density at radius 1 is 0.761 bits per heavy atom. The normalized spacial score (nSPS) is 21.4. The van der Waals surface area contributed by atoms with Crippen LogP contribution in [0.5, 0.6) is 0 Å². The molecule has 5 atom stereocenters. The standard InChI is InChI=1S/C35H56N2O6S.C15H26N2O6.C4H8/c1-25(2)19-29(44-22-27-13-11-10-12-14-27)15-16-34(7,8)43-31(39)36-24-35(9)21-28(20-33(5,6)23-35)37-32(40)42-18-17-41-30(38)26(3)4;1-14(2)6-11(17-13(21)23-5-4-22-10-18)7-15(3,8-14)9-16-12(19)20;1-4(2)3/h10-14,25,28-29H,3,15-24H2,1-2,4-9H3,(H,36,39)(H,37,40);10-11,16H,4-9H2,1-3H3,(H,17,21)(H,19,20);1H2,2-3H3. The first kappa shape index (κ1) is 64.1. The van der Waals surface area contributed by atoms with E-state index >= 15 is 0 Å². The van der Waals surface area contributed by atoms with E-state index < -0.39 is 35.9 Å². The van der Waals surface area contributed by atoms with Crippen LogP contribution in [0.25, 0.3) is 0 Å². The topological polar surface area (TPSA) is 217 Å². The zero-order valence-electron chi connectivity index (χ0n) is 45.3. The van der Waals surface area contributed by atoms with Gasteiger partial charge in [-0.25, -0.2) is 24.0 Å².